The van der Waals surface area contributed by atoms with Crippen LogP contribution in [0.3, 0.4) is 0 Å². The largest absolute Gasteiger partial charge is 0.374 e. The van der Waals surface area contributed by atoms with Crippen LogP contribution >= 0.6 is 11.6 Å². The molecule has 4 nitrogen and oxygen atoms in total. The minimum atomic E-state index is 0.395. The highest BCUT2D eigenvalue weighted by molar-refractivity contribution is 6.16. The zero-order valence-electron chi connectivity index (χ0n) is 9.53. The van der Waals surface area contributed by atoms with Crippen molar-refractivity contribution in [2.75, 3.05) is 6.61 Å². The Morgan fingerprint density at radius 1 is 1.33 bits per heavy atom. The van der Waals surface area contributed by atoms with Crippen molar-refractivity contribution in [1.82, 2.24) is 14.8 Å². The lowest BCUT2D eigenvalue weighted by Gasteiger charge is -2.11. The molecule has 15 heavy (non-hydrogen) atoms. The number of halogens is 1. The van der Waals surface area contributed by atoms with Crippen LogP contribution in [0.25, 0.3) is 0 Å². The maximum atomic E-state index is 5.80. The van der Waals surface area contributed by atoms with Gasteiger partial charge in [0.15, 0.2) is 5.82 Å². The van der Waals surface area contributed by atoms with Gasteiger partial charge in [-0.1, -0.05) is 13.8 Å². The summed E-state index contributed by atoms with van der Waals surface area (Å²) in [4.78, 5) is 0. The second kappa shape index (κ2) is 6.08. The zero-order chi connectivity index (χ0) is 11.3. The van der Waals surface area contributed by atoms with Crippen molar-refractivity contribution in [3.05, 3.63) is 11.6 Å². The smallest absolute Gasteiger partial charge is 0.159 e. The predicted octanol–water partition coefficient (Wildman–Crippen LogP) is 2.21. The quantitative estimate of drug-likeness (QED) is 0.705. The van der Waals surface area contributed by atoms with Crippen molar-refractivity contribution in [2.45, 2.75) is 39.8 Å². The molecule has 0 aliphatic carbocycles. The number of aromatic nitrogens is 3. The molecule has 0 N–H and O–H groups in total. The lowest BCUT2D eigenvalue weighted by Crippen LogP contribution is -2.12. The van der Waals surface area contributed by atoms with E-state index in [1.807, 2.05) is 11.5 Å². The van der Waals surface area contributed by atoms with Crippen LogP contribution in [-0.4, -0.2) is 21.4 Å². The van der Waals surface area contributed by atoms with E-state index in [-0.39, 0.29) is 0 Å². The Morgan fingerprint density at radius 3 is 2.53 bits per heavy atom. The van der Waals surface area contributed by atoms with Gasteiger partial charge in [0.1, 0.15) is 12.4 Å². The van der Waals surface area contributed by atoms with Crippen molar-refractivity contribution in [2.24, 2.45) is 5.92 Å². The third-order valence-electron chi connectivity index (χ3n) is 2.01. The summed E-state index contributed by atoms with van der Waals surface area (Å²) in [6.07, 6.45) is 0. The molecule has 0 radical (unpaired) electrons. The lowest BCUT2D eigenvalue weighted by atomic mass is 10.2. The molecule has 0 aliphatic heterocycles. The third-order valence-corrected chi connectivity index (χ3v) is 2.25. The number of rotatable bonds is 6. The molecule has 0 unspecified atom stereocenters. The van der Waals surface area contributed by atoms with Crippen LogP contribution in [-0.2, 0) is 23.8 Å². The number of hydrogen-bond acceptors (Lipinski definition) is 3. The fourth-order valence-corrected chi connectivity index (χ4v) is 1.54. The Hall–Kier alpha value is -0.610. The Kier molecular flexibility index (Phi) is 5.05. The van der Waals surface area contributed by atoms with E-state index in [4.69, 9.17) is 16.3 Å². The van der Waals surface area contributed by atoms with E-state index in [0.29, 0.717) is 25.0 Å². The van der Waals surface area contributed by atoms with Gasteiger partial charge in [0, 0.05) is 13.2 Å². The van der Waals surface area contributed by atoms with Crippen LogP contribution < -0.4 is 0 Å². The summed E-state index contributed by atoms with van der Waals surface area (Å²) < 4.78 is 7.38. The zero-order valence-corrected chi connectivity index (χ0v) is 10.3. The Morgan fingerprint density at radius 2 is 2.00 bits per heavy atom. The number of alkyl halides is 1. The van der Waals surface area contributed by atoms with E-state index < -0.39 is 0 Å². The number of hydrogen-bond donors (Lipinski definition) is 0. The molecule has 1 aromatic rings. The fourth-order valence-electron chi connectivity index (χ4n) is 1.35. The summed E-state index contributed by atoms with van der Waals surface area (Å²) in [5.41, 5.74) is 0. The van der Waals surface area contributed by atoms with Gasteiger partial charge in [-0.25, -0.2) is 0 Å². The van der Waals surface area contributed by atoms with E-state index in [2.05, 4.69) is 24.0 Å². The molecule has 0 amide bonds. The second-order valence-corrected chi connectivity index (χ2v) is 4.07. The Bertz CT molecular complexity index is 299. The van der Waals surface area contributed by atoms with Crippen LogP contribution in [0.4, 0.5) is 0 Å². The summed E-state index contributed by atoms with van der Waals surface area (Å²) in [7, 11) is 0. The summed E-state index contributed by atoms with van der Waals surface area (Å²) >= 11 is 5.80. The highest BCUT2D eigenvalue weighted by Crippen LogP contribution is 2.10. The average Bonchev–Trinajstić information content (AvgIpc) is 2.57. The molecular formula is C10H18ClN3O. The first kappa shape index (κ1) is 12.5. The molecule has 0 fully saturated rings. The topological polar surface area (TPSA) is 39.9 Å². The monoisotopic (exact) mass is 231 g/mol. The van der Waals surface area contributed by atoms with Crippen LogP contribution in [0.1, 0.15) is 32.4 Å². The molecule has 1 heterocycles. The highest BCUT2D eigenvalue weighted by Gasteiger charge is 2.11. The minimum absolute atomic E-state index is 0.395. The SMILES string of the molecule is CCOCc1nnc(CCl)n1CC(C)C. The maximum Gasteiger partial charge on any atom is 0.159 e. The molecule has 0 atom stereocenters. The highest BCUT2D eigenvalue weighted by atomic mass is 35.5. The van der Waals surface area contributed by atoms with Gasteiger partial charge < -0.3 is 9.30 Å². The lowest BCUT2D eigenvalue weighted by molar-refractivity contribution is 0.124. The van der Waals surface area contributed by atoms with Gasteiger partial charge in [0.2, 0.25) is 0 Å². The normalized spacial score (nSPS) is 11.3. The van der Waals surface area contributed by atoms with Crippen LogP contribution in [0.2, 0.25) is 0 Å². The first-order valence-electron chi connectivity index (χ1n) is 5.23. The number of ether oxygens (including phenoxy) is 1. The molecule has 5 heteroatoms. The van der Waals surface area contributed by atoms with Crippen LogP contribution in [0.5, 0.6) is 0 Å². The molecule has 0 saturated carbocycles. The summed E-state index contributed by atoms with van der Waals surface area (Å²) in [6.45, 7) is 8.35. The van der Waals surface area contributed by atoms with Gasteiger partial charge in [-0.2, -0.15) is 0 Å². The predicted molar refractivity (Wildman–Crippen MR) is 59.7 cm³/mol. The molecule has 86 valence electrons. The van der Waals surface area contributed by atoms with Crippen LogP contribution in [0.15, 0.2) is 0 Å². The average molecular weight is 232 g/mol. The summed E-state index contributed by atoms with van der Waals surface area (Å²) in [6, 6.07) is 0. The molecule has 0 aromatic carbocycles. The second-order valence-electron chi connectivity index (χ2n) is 3.81. The molecule has 0 bridgehead atoms. The van der Waals surface area contributed by atoms with Gasteiger partial charge in [0.25, 0.3) is 0 Å². The van der Waals surface area contributed by atoms with E-state index in [1.165, 1.54) is 0 Å². The van der Waals surface area contributed by atoms with Gasteiger partial charge in [-0.15, -0.1) is 21.8 Å². The van der Waals surface area contributed by atoms with E-state index >= 15 is 0 Å². The van der Waals surface area contributed by atoms with Crippen molar-refractivity contribution >= 4 is 11.6 Å². The van der Waals surface area contributed by atoms with Crippen LogP contribution in [0, 0.1) is 5.92 Å². The van der Waals surface area contributed by atoms with Crippen molar-refractivity contribution < 1.29 is 4.74 Å². The van der Waals surface area contributed by atoms with Gasteiger partial charge >= 0.3 is 0 Å². The standard InChI is InChI=1S/C10H18ClN3O/c1-4-15-7-10-13-12-9(5-11)14(10)6-8(2)3/h8H,4-7H2,1-3H3. The van der Waals surface area contributed by atoms with E-state index in [1.54, 1.807) is 0 Å². The Balaban J connectivity index is 2.80. The van der Waals surface area contributed by atoms with E-state index in [9.17, 15) is 0 Å². The minimum Gasteiger partial charge on any atom is -0.374 e. The Labute approximate surface area is 95.6 Å². The summed E-state index contributed by atoms with van der Waals surface area (Å²) in [5, 5.41) is 8.12. The molecule has 1 rings (SSSR count). The molecule has 0 aliphatic rings. The van der Waals surface area contributed by atoms with E-state index in [0.717, 1.165) is 18.2 Å². The molecule has 1 aromatic heterocycles. The van der Waals surface area contributed by atoms with Crippen molar-refractivity contribution in [3.63, 3.8) is 0 Å². The van der Waals surface area contributed by atoms with Gasteiger partial charge in [-0.3, -0.25) is 0 Å². The molecular weight excluding hydrogens is 214 g/mol. The van der Waals surface area contributed by atoms with Crippen molar-refractivity contribution in [1.29, 1.82) is 0 Å². The first-order valence-corrected chi connectivity index (χ1v) is 5.77. The molecule has 0 saturated heterocycles. The first-order chi connectivity index (χ1) is 7.19. The summed E-state index contributed by atoms with van der Waals surface area (Å²) in [5.74, 6) is 2.62. The number of nitrogens with zero attached hydrogens (tertiary/aromatic N) is 3. The van der Waals surface area contributed by atoms with Crippen molar-refractivity contribution in [3.8, 4) is 0 Å². The third kappa shape index (κ3) is 3.47. The fraction of sp³-hybridized carbons (Fsp3) is 0.800. The van der Waals surface area contributed by atoms with Gasteiger partial charge in [0.05, 0.1) is 5.88 Å². The van der Waals surface area contributed by atoms with Gasteiger partial charge in [-0.05, 0) is 12.8 Å². The molecule has 0 spiro atoms. The maximum absolute atomic E-state index is 5.80.